The lowest BCUT2D eigenvalue weighted by Gasteiger charge is -2.25. The smallest absolute Gasteiger partial charge is 0.433 e. The van der Waals surface area contributed by atoms with Crippen molar-refractivity contribution in [1.82, 2.24) is 10.5 Å². The third-order valence-corrected chi connectivity index (χ3v) is 3.84. The lowest BCUT2D eigenvalue weighted by molar-refractivity contribution is -0.0540. The van der Waals surface area contributed by atoms with Crippen LogP contribution in [0.25, 0.3) is 0 Å². The average Bonchev–Trinajstić information content (AvgIpc) is 2.88. The van der Waals surface area contributed by atoms with Gasteiger partial charge in [-0.25, -0.2) is 4.79 Å². The molecule has 1 heterocycles. The Labute approximate surface area is 92.0 Å². The summed E-state index contributed by atoms with van der Waals surface area (Å²) in [5.74, 6) is 0.788. The predicted molar refractivity (Wildman–Crippen MR) is 51.8 cm³/mol. The van der Waals surface area contributed by atoms with Crippen molar-refractivity contribution in [2.24, 2.45) is 17.1 Å². The van der Waals surface area contributed by atoms with Gasteiger partial charge in [0.2, 0.25) is 0 Å². The largest absolute Gasteiger partial charge is 0.442 e. The second kappa shape index (κ2) is 3.39. The van der Waals surface area contributed by atoms with Crippen molar-refractivity contribution in [3.63, 3.8) is 0 Å². The zero-order valence-corrected chi connectivity index (χ0v) is 8.83. The van der Waals surface area contributed by atoms with E-state index in [4.69, 9.17) is 9.57 Å². The molecule has 3 fully saturated rings. The summed E-state index contributed by atoms with van der Waals surface area (Å²) < 4.78 is 5.26. The Balaban J connectivity index is 1.68. The van der Waals surface area contributed by atoms with E-state index in [9.17, 15) is 9.70 Å². The predicted octanol–water partition coefficient (Wildman–Crippen LogP) is 0.417. The highest BCUT2D eigenvalue weighted by Crippen LogP contribution is 2.50. The monoisotopic (exact) mass is 227 g/mol. The summed E-state index contributed by atoms with van der Waals surface area (Å²) in [6.07, 6.45) is 0.982. The fourth-order valence-electron chi connectivity index (χ4n) is 3.10. The molecule has 2 bridgehead atoms. The summed E-state index contributed by atoms with van der Waals surface area (Å²) in [5, 5.41) is 3.16. The molecule has 0 radical (unpaired) electrons. The third-order valence-electron chi connectivity index (χ3n) is 3.84. The molecule has 3 aliphatic rings. The van der Waals surface area contributed by atoms with Gasteiger partial charge in [-0.1, -0.05) is 0 Å². The van der Waals surface area contributed by atoms with E-state index in [1.807, 2.05) is 0 Å². The fourth-order valence-corrected chi connectivity index (χ4v) is 3.10. The van der Waals surface area contributed by atoms with Crippen molar-refractivity contribution in [2.45, 2.75) is 31.1 Å². The van der Waals surface area contributed by atoms with Gasteiger partial charge in [0.1, 0.15) is 12.2 Å². The normalized spacial score (nSPS) is 43.4. The molecule has 3 rings (SSSR count). The number of nitrogens with one attached hydrogen (secondary N) is 1. The van der Waals surface area contributed by atoms with E-state index < -0.39 is 6.09 Å². The molecule has 1 amide bonds. The molecule has 1 N–H and O–H groups in total. The van der Waals surface area contributed by atoms with Gasteiger partial charge in [0, 0.05) is 24.9 Å². The van der Waals surface area contributed by atoms with Crippen LogP contribution < -0.4 is 5.48 Å². The number of nitroso groups, excluding NO2 is 1. The Kier molecular flexibility index (Phi) is 2.11. The quantitative estimate of drug-likeness (QED) is 0.546. The van der Waals surface area contributed by atoms with Crippen molar-refractivity contribution in [3.05, 3.63) is 4.91 Å². The summed E-state index contributed by atoms with van der Waals surface area (Å²) >= 11 is 0. The molecule has 7 nitrogen and oxygen atoms in total. The third kappa shape index (κ3) is 1.24. The minimum Gasteiger partial charge on any atom is -0.442 e. The number of fused-ring (bicyclic) bond motifs is 1. The lowest BCUT2D eigenvalue weighted by Crippen LogP contribution is -2.39. The highest BCUT2D eigenvalue weighted by atomic mass is 16.7. The Morgan fingerprint density at radius 2 is 2.38 bits per heavy atom. The molecule has 7 heteroatoms. The summed E-state index contributed by atoms with van der Waals surface area (Å²) in [7, 11) is 1.28. The van der Waals surface area contributed by atoms with Crippen LogP contribution >= 0.6 is 0 Å². The van der Waals surface area contributed by atoms with Crippen LogP contribution in [0.15, 0.2) is 5.29 Å². The molecule has 5 atom stereocenters. The molecule has 0 spiro atoms. The maximum Gasteiger partial charge on any atom is 0.433 e. The van der Waals surface area contributed by atoms with Crippen LogP contribution in [0.2, 0.25) is 0 Å². The molecule has 1 saturated heterocycles. The first-order chi connectivity index (χ1) is 7.70. The van der Waals surface area contributed by atoms with E-state index in [1.165, 1.54) is 7.05 Å². The van der Waals surface area contributed by atoms with E-state index >= 15 is 0 Å². The van der Waals surface area contributed by atoms with Gasteiger partial charge in [-0.2, -0.15) is 10.5 Å². The zero-order valence-electron chi connectivity index (χ0n) is 8.83. The number of ether oxygens (including phenoxy) is 1. The van der Waals surface area contributed by atoms with Crippen LogP contribution in [0.3, 0.4) is 0 Å². The van der Waals surface area contributed by atoms with Gasteiger partial charge in [0.25, 0.3) is 0 Å². The van der Waals surface area contributed by atoms with E-state index in [0.717, 1.165) is 12.8 Å². The maximum absolute atomic E-state index is 11.4. The Bertz CT molecular complexity index is 335. The molecule has 0 aromatic heterocycles. The van der Waals surface area contributed by atoms with Crippen molar-refractivity contribution < 1.29 is 14.4 Å². The first-order valence-electron chi connectivity index (χ1n) is 5.39. The molecule has 16 heavy (non-hydrogen) atoms. The highest BCUT2D eigenvalue weighted by Gasteiger charge is 2.59. The van der Waals surface area contributed by atoms with Crippen LogP contribution in [0.4, 0.5) is 4.79 Å². The number of nitrogens with zero attached hydrogens (tertiary/aromatic N) is 2. The van der Waals surface area contributed by atoms with E-state index in [1.54, 1.807) is 0 Å². The topological polar surface area (TPSA) is 80.2 Å². The lowest BCUT2D eigenvalue weighted by atomic mass is 9.92. The molecule has 2 saturated carbocycles. The second-order valence-electron chi connectivity index (χ2n) is 4.66. The first kappa shape index (κ1) is 9.98. The summed E-state index contributed by atoms with van der Waals surface area (Å²) in [6, 6.07) is 0.409. The Morgan fingerprint density at radius 1 is 1.56 bits per heavy atom. The SMILES string of the molecule is CN(N=O)C(=O)OC1C2CC3NOC1C3C2. The molecule has 2 aliphatic carbocycles. The number of rotatable bonds is 2. The minimum absolute atomic E-state index is 0.0623. The van der Waals surface area contributed by atoms with Crippen LogP contribution in [0.1, 0.15) is 12.8 Å². The van der Waals surface area contributed by atoms with Crippen molar-refractivity contribution in [3.8, 4) is 0 Å². The number of hydrogen-bond acceptors (Lipinski definition) is 6. The zero-order chi connectivity index (χ0) is 11.3. The van der Waals surface area contributed by atoms with Crippen LogP contribution in [0, 0.1) is 16.7 Å². The second-order valence-corrected chi connectivity index (χ2v) is 4.66. The van der Waals surface area contributed by atoms with Gasteiger partial charge in [-0.3, -0.25) is 4.84 Å². The molecule has 1 aliphatic heterocycles. The van der Waals surface area contributed by atoms with Crippen LogP contribution in [0.5, 0.6) is 0 Å². The Hall–Kier alpha value is -1.21. The summed E-state index contributed by atoms with van der Waals surface area (Å²) in [5.41, 5.74) is 2.97. The minimum atomic E-state index is -0.709. The molecular formula is C9H13N3O4. The van der Waals surface area contributed by atoms with Gasteiger partial charge < -0.3 is 4.74 Å². The molecular weight excluding hydrogens is 214 g/mol. The molecule has 88 valence electrons. The van der Waals surface area contributed by atoms with Gasteiger partial charge in [-0.15, -0.1) is 4.91 Å². The maximum atomic E-state index is 11.4. The summed E-state index contributed by atoms with van der Waals surface area (Å²) in [4.78, 5) is 27.0. The van der Waals surface area contributed by atoms with Gasteiger partial charge in [0.15, 0.2) is 0 Å². The van der Waals surface area contributed by atoms with Crippen LogP contribution in [-0.4, -0.2) is 36.4 Å². The average molecular weight is 227 g/mol. The Morgan fingerprint density at radius 3 is 3.12 bits per heavy atom. The standard InChI is InChI=1S/C9H13N3O4/c1-12(11-14)9(13)15-7-4-2-5-6(3-4)10-16-8(5)7/h4-8,10H,2-3H2,1H3. The first-order valence-corrected chi connectivity index (χ1v) is 5.39. The van der Waals surface area contributed by atoms with E-state index in [-0.39, 0.29) is 12.2 Å². The van der Waals surface area contributed by atoms with Crippen molar-refractivity contribution in [1.29, 1.82) is 0 Å². The highest BCUT2D eigenvalue weighted by molar-refractivity contribution is 5.67. The van der Waals surface area contributed by atoms with E-state index in [0.29, 0.717) is 22.9 Å². The molecule has 0 aromatic carbocycles. The molecule has 5 unspecified atom stereocenters. The number of amides is 1. The summed E-state index contributed by atoms with van der Waals surface area (Å²) in [6.45, 7) is 0. The number of hydroxylamine groups is 1. The fraction of sp³-hybridized carbons (Fsp3) is 0.889. The number of carbonyl (C=O) groups excluding carboxylic acids is 1. The number of hydrogen-bond donors (Lipinski definition) is 1. The van der Waals surface area contributed by atoms with E-state index in [2.05, 4.69) is 10.8 Å². The van der Waals surface area contributed by atoms with Gasteiger partial charge >= 0.3 is 6.09 Å². The molecule has 0 aromatic rings. The van der Waals surface area contributed by atoms with Gasteiger partial charge in [-0.05, 0) is 12.8 Å². The van der Waals surface area contributed by atoms with Crippen molar-refractivity contribution in [2.75, 3.05) is 7.05 Å². The number of carbonyl (C=O) groups is 1. The van der Waals surface area contributed by atoms with Gasteiger partial charge in [0.05, 0.1) is 5.29 Å². The van der Waals surface area contributed by atoms with Crippen LogP contribution in [-0.2, 0) is 9.57 Å². The van der Waals surface area contributed by atoms with Crippen molar-refractivity contribution >= 4 is 6.09 Å².